The van der Waals surface area contributed by atoms with Crippen molar-refractivity contribution >= 4 is 34.3 Å². The first kappa shape index (κ1) is 37.9. The monoisotopic (exact) mass is 586 g/mol. The molecule has 181 valence electrons. The van der Waals surface area contributed by atoms with Gasteiger partial charge in [-0.3, -0.25) is 0 Å². The van der Waals surface area contributed by atoms with Gasteiger partial charge in [0, 0.05) is 38.4 Å². The summed E-state index contributed by atoms with van der Waals surface area (Å²) in [6.07, 6.45) is 0. The first-order valence-electron chi connectivity index (χ1n) is 10.9. The van der Waals surface area contributed by atoms with E-state index in [-0.39, 0.29) is 68.2 Å². The third-order valence-electron chi connectivity index (χ3n) is 4.27. The van der Waals surface area contributed by atoms with Crippen molar-refractivity contribution in [2.45, 2.75) is 83.1 Å². The van der Waals surface area contributed by atoms with Crippen LogP contribution in [0.4, 0.5) is 0 Å². The van der Waals surface area contributed by atoms with Gasteiger partial charge in [-0.2, -0.15) is 0 Å². The normalized spacial score (nSPS) is 24.4. The van der Waals surface area contributed by atoms with Crippen LogP contribution < -0.4 is 51.4 Å². The Bertz CT molecular complexity index is 407. The molecule has 0 aliphatic carbocycles. The molecule has 0 aromatic carbocycles. The van der Waals surface area contributed by atoms with Crippen LogP contribution in [0.25, 0.3) is 0 Å². The van der Waals surface area contributed by atoms with E-state index in [1.165, 1.54) is 34.3 Å². The van der Waals surface area contributed by atoms with Crippen molar-refractivity contribution in [2.75, 3.05) is 26.4 Å². The molecule has 0 spiro atoms. The molecular weight excluding hydrogens is 542 g/mol. The Kier molecular flexibility index (Phi) is 19.0. The minimum Gasteiger partial charge on any atom is -0.377 e. The molecule has 0 amide bonds. The van der Waals surface area contributed by atoms with Crippen LogP contribution in [-0.2, 0) is 26.3 Å². The van der Waals surface area contributed by atoms with E-state index in [0.717, 1.165) is 26.4 Å². The summed E-state index contributed by atoms with van der Waals surface area (Å²) in [5.41, 5.74) is 1.66. The van der Waals surface area contributed by atoms with Crippen molar-refractivity contribution < 1.29 is 77.6 Å². The fraction of sp³-hybridized carbons (Fsp3) is 0.833. The van der Waals surface area contributed by atoms with Gasteiger partial charge in [0.05, 0.1) is 26.4 Å². The summed E-state index contributed by atoms with van der Waals surface area (Å²) >= 11 is 0. The fourth-order valence-corrected chi connectivity index (χ4v) is 7.50. The standard InChI is InChI=1S/2C10H18P2.C4H8O2.Co.K/c2*1-9(2,3)7-11-8(12-7)10(4,5)6;1-2-6-4-3-5-1;;/h2*1-6H3;1-4H2;;/q;;;;+1. The van der Waals surface area contributed by atoms with E-state index in [1.54, 1.807) is 21.6 Å². The van der Waals surface area contributed by atoms with Gasteiger partial charge in [-0.25, -0.2) is 0 Å². The van der Waals surface area contributed by atoms with Gasteiger partial charge in [0.1, 0.15) is 0 Å². The molecule has 0 atom stereocenters. The van der Waals surface area contributed by atoms with Gasteiger partial charge < -0.3 is 9.47 Å². The van der Waals surface area contributed by atoms with Gasteiger partial charge in [0.2, 0.25) is 0 Å². The van der Waals surface area contributed by atoms with Crippen LogP contribution in [0.5, 0.6) is 0 Å². The molecule has 3 rings (SSSR count). The quantitative estimate of drug-likeness (QED) is 0.226. The number of ether oxygens (including phenoxy) is 2. The second-order valence-electron chi connectivity index (χ2n) is 12.0. The summed E-state index contributed by atoms with van der Waals surface area (Å²) in [5, 5.41) is 6.69. The average Bonchev–Trinajstić information content (AvgIpc) is 2.40. The van der Waals surface area contributed by atoms with Crippen molar-refractivity contribution in [3.63, 3.8) is 0 Å². The van der Waals surface area contributed by atoms with Gasteiger partial charge in [0.15, 0.2) is 0 Å². The molecule has 0 saturated carbocycles. The molecule has 9 radical (unpaired) electrons. The first-order chi connectivity index (χ1) is 13.4. The average molecular weight is 587 g/mol. The Morgan fingerprint density at radius 1 is 0.438 bits per heavy atom. The molecular formula is C24H44CoKO2P4+. The van der Waals surface area contributed by atoms with Crippen molar-refractivity contribution in [3.8, 4) is 0 Å². The Hall–Kier alpha value is 3.78. The van der Waals surface area contributed by atoms with Crippen LogP contribution in [0.1, 0.15) is 83.1 Å². The smallest absolute Gasteiger partial charge is 0.377 e. The van der Waals surface area contributed by atoms with Crippen LogP contribution in [0.3, 0.4) is 0 Å². The third-order valence-corrected chi connectivity index (χ3v) is 13.7. The molecule has 0 aromatic rings. The zero-order chi connectivity index (χ0) is 23.4. The minimum atomic E-state index is 0. The van der Waals surface area contributed by atoms with Crippen LogP contribution >= 0.6 is 34.3 Å². The predicted molar refractivity (Wildman–Crippen MR) is 140 cm³/mol. The maximum atomic E-state index is 4.94. The summed E-state index contributed by atoms with van der Waals surface area (Å²) in [7, 11) is 6.07. The summed E-state index contributed by atoms with van der Waals surface area (Å²) in [5.74, 6) is 0. The van der Waals surface area contributed by atoms with Crippen molar-refractivity contribution in [2.24, 2.45) is 21.7 Å². The number of hydrogen-bond acceptors (Lipinski definition) is 2. The molecule has 0 bridgehead atoms. The zero-order valence-corrected chi connectivity index (χ0v) is 30.5. The zero-order valence-electron chi connectivity index (χ0n) is 22.8. The van der Waals surface area contributed by atoms with Crippen LogP contribution in [0.2, 0.25) is 0 Å². The van der Waals surface area contributed by atoms with E-state index < -0.39 is 0 Å². The van der Waals surface area contributed by atoms with E-state index in [9.17, 15) is 0 Å². The van der Waals surface area contributed by atoms with Crippen LogP contribution in [0, 0.1) is 43.3 Å². The summed E-state index contributed by atoms with van der Waals surface area (Å²) in [6.45, 7) is 30.8. The molecule has 8 heteroatoms. The molecule has 3 heterocycles. The molecule has 0 unspecified atom stereocenters. The predicted octanol–water partition coefficient (Wildman–Crippen LogP) is 6.96. The third kappa shape index (κ3) is 14.6. The Morgan fingerprint density at radius 3 is 0.688 bits per heavy atom. The molecule has 32 heavy (non-hydrogen) atoms. The summed E-state index contributed by atoms with van der Waals surface area (Å²) in [6, 6.07) is 0. The SMILES string of the molecule is C1COCCO1.CC(C)(C)[C]1[P][C](C(C)(C)C)[P]1.CC(C)(C)[C]1[P][C](C(C)(C)C)[P]1.[Co].[K+]. The topological polar surface area (TPSA) is 18.5 Å². The molecule has 3 fully saturated rings. The Balaban J connectivity index is 0. The number of hydrogen-bond donors (Lipinski definition) is 0. The second kappa shape index (κ2) is 16.0. The minimum absolute atomic E-state index is 0. The molecule has 3 aliphatic heterocycles. The van der Waals surface area contributed by atoms with Crippen molar-refractivity contribution in [1.82, 2.24) is 0 Å². The number of rotatable bonds is 0. The fourth-order valence-electron chi connectivity index (χ4n) is 2.19. The molecule has 0 aromatic heterocycles. The first-order valence-corrected chi connectivity index (χ1v) is 14.5. The van der Waals surface area contributed by atoms with Crippen LogP contribution in [0.15, 0.2) is 0 Å². The van der Waals surface area contributed by atoms with Gasteiger partial charge in [-0.1, -0.05) is 117 Å². The largest absolute Gasteiger partial charge is 1.00 e. The van der Waals surface area contributed by atoms with E-state index in [4.69, 9.17) is 9.47 Å². The Labute approximate surface area is 261 Å². The van der Waals surface area contributed by atoms with Crippen molar-refractivity contribution in [1.29, 1.82) is 0 Å². The molecule has 3 saturated heterocycles. The van der Waals surface area contributed by atoms with E-state index >= 15 is 0 Å². The second-order valence-corrected chi connectivity index (χ2v) is 17.8. The maximum Gasteiger partial charge on any atom is 1.00 e. The van der Waals surface area contributed by atoms with Crippen molar-refractivity contribution in [3.05, 3.63) is 21.6 Å². The van der Waals surface area contributed by atoms with E-state index in [1.807, 2.05) is 0 Å². The summed E-state index contributed by atoms with van der Waals surface area (Å²) < 4.78 is 9.89. The van der Waals surface area contributed by atoms with Gasteiger partial charge in [0.25, 0.3) is 0 Å². The molecule has 2 nitrogen and oxygen atoms in total. The Morgan fingerprint density at radius 2 is 0.594 bits per heavy atom. The maximum absolute atomic E-state index is 4.94. The molecule has 0 N–H and O–H groups in total. The summed E-state index contributed by atoms with van der Waals surface area (Å²) in [4.78, 5) is 0. The molecule has 3 aliphatic rings. The van der Waals surface area contributed by atoms with E-state index in [2.05, 4.69) is 83.1 Å². The van der Waals surface area contributed by atoms with E-state index in [0.29, 0.717) is 21.7 Å². The van der Waals surface area contributed by atoms with Crippen LogP contribution in [-0.4, -0.2) is 26.4 Å². The van der Waals surface area contributed by atoms with Gasteiger partial charge in [-0.05, 0) is 21.7 Å². The van der Waals surface area contributed by atoms with Gasteiger partial charge in [-0.15, -0.1) is 0 Å². The van der Waals surface area contributed by atoms with Gasteiger partial charge >= 0.3 is 51.4 Å².